The molecule has 0 fully saturated rings. The standard InChI is InChI=1S/C62H52/c1-62(2,3)53-24-13-12-22-47(53)44-34-43-26-25-40-28-32-51-59-52(36-45(35-44)55(43)58(40)59)61-57(38-17-8-5-9-18-38)49-30-27-39-20-14-23-48-46-21-11-10-19-41(46)33-42(54(39)48)29-31-50(49)56(60(51)61)37-15-6-4-7-16-37/h4-9,11-18,20-21,23-27,29-31,34-36,41,43,47,55H,10,19,22,28,32-33H2,1-3H3. The molecule has 4 unspecified atom stereocenters. The normalized spacial score (nSPS) is 24.5. The summed E-state index contributed by atoms with van der Waals surface area (Å²) in [5.74, 6) is 1.68. The van der Waals surface area contributed by atoms with Gasteiger partial charge in [0.15, 0.2) is 0 Å². The second kappa shape index (κ2) is 13.6. The second-order valence-corrected chi connectivity index (χ2v) is 20.0. The highest BCUT2D eigenvalue weighted by atomic mass is 14.5. The zero-order chi connectivity index (χ0) is 41.3. The van der Waals surface area contributed by atoms with Gasteiger partial charge in [0, 0.05) is 17.8 Å². The van der Waals surface area contributed by atoms with E-state index in [2.05, 4.69) is 185 Å². The van der Waals surface area contributed by atoms with E-state index in [0.29, 0.717) is 23.7 Å². The van der Waals surface area contributed by atoms with Crippen molar-refractivity contribution in [2.75, 3.05) is 0 Å². The van der Waals surface area contributed by atoms with Gasteiger partial charge < -0.3 is 0 Å². The van der Waals surface area contributed by atoms with Crippen LogP contribution < -0.4 is 10.4 Å². The average Bonchev–Trinajstić information content (AvgIpc) is 3.66. The van der Waals surface area contributed by atoms with Crippen LogP contribution in [0.2, 0.25) is 0 Å². The van der Waals surface area contributed by atoms with Gasteiger partial charge in [-0.15, -0.1) is 0 Å². The van der Waals surface area contributed by atoms with Crippen LogP contribution in [0.1, 0.15) is 87.1 Å². The number of benzene rings is 4. The van der Waals surface area contributed by atoms with Crippen molar-refractivity contribution in [3.8, 4) is 22.3 Å². The minimum Gasteiger partial charge on any atom is -0.0842 e. The lowest BCUT2D eigenvalue weighted by atomic mass is 9.61. The molecule has 4 atom stereocenters. The lowest BCUT2D eigenvalue weighted by Crippen LogP contribution is -2.37. The molecule has 0 saturated heterocycles. The number of allylic oxidation sites excluding steroid dienone is 19. The largest absolute Gasteiger partial charge is 0.0842 e. The third kappa shape index (κ3) is 5.32. The van der Waals surface area contributed by atoms with E-state index in [1.807, 2.05) is 0 Å². The van der Waals surface area contributed by atoms with Crippen molar-refractivity contribution < 1.29 is 0 Å². The van der Waals surface area contributed by atoms with Crippen molar-refractivity contribution in [2.24, 2.45) is 29.1 Å². The lowest BCUT2D eigenvalue weighted by molar-refractivity contribution is 0.441. The molecule has 0 radical (unpaired) electrons. The summed E-state index contributed by atoms with van der Waals surface area (Å²) in [5.41, 5.74) is 27.5. The van der Waals surface area contributed by atoms with E-state index < -0.39 is 0 Å². The van der Waals surface area contributed by atoms with Crippen molar-refractivity contribution in [2.45, 2.75) is 59.3 Å². The maximum atomic E-state index is 2.67. The van der Waals surface area contributed by atoms with Crippen LogP contribution in [0, 0.1) is 29.1 Å². The van der Waals surface area contributed by atoms with E-state index in [1.165, 1.54) is 100 Å². The first-order chi connectivity index (χ1) is 30.4. The van der Waals surface area contributed by atoms with Gasteiger partial charge >= 0.3 is 0 Å². The molecule has 0 N–H and O–H groups in total. The Morgan fingerprint density at radius 2 is 1.42 bits per heavy atom. The Kier molecular flexibility index (Phi) is 8.01. The molecule has 0 bridgehead atoms. The summed E-state index contributed by atoms with van der Waals surface area (Å²) < 4.78 is 0. The van der Waals surface area contributed by atoms with Crippen LogP contribution in [0.15, 0.2) is 179 Å². The smallest absolute Gasteiger partial charge is 0.0196 e. The zero-order valence-corrected chi connectivity index (χ0v) is 36.1. The van der Waals surface area contributed by atoms with Gasteiger partial charge in [-0.3, -0.25) is 0 Å². The Morgan fingerprint density at radius 3 is 2.21 bits per heavy atom. The average molecular weight is 797 g/mol. The molecule has 300 valence electrons. The summed E-state index contributed by atoms with van der Waals surface area (Å²) >= 11 is 0. The Morgan fingerprint density at radius 1 is 0.645 bits per heavy atom. The van der Waals surface area contributed by atoms with Crippen LogP contribution in [-0.2, 0) is 0 Å². The summed E-state index contributed by atoms with van der Waals surface area (Å²) in [6.45, 7) is 7.16. The summed E-state index contributed by atoms with van der Waals surface area (Å²) in [4.78, 5) is 0. The molecule has 0 heteroatoms. The SMILES string of the molecule is CC(C)(C)C1=CC=CCC1C1=CC2C=CC3=C4C5=C(CC3)c3c(c(-c6ccccc6)c6c(c3-c3ccccc3)C=CC3=c7c(cccc7=C7C=CCCC7C3)C=C6)C5=CC(=C1)C42. The molecule has 13 rings (SSSR count). The first kappa shape index (κ1) is 36.4. The lowest BCUT2D eigenvalue weighted by Gasteiger charge is -2.42. The molecule has 62 heavy (non-hydrogen) atoms. The van der Waals surface area contributed by atoms with Crippen molar-refractivity contribution >= 4 is 40.5 Å². The molecular weight excluding hydrogens is 745 g/mol. The maximum Gasteiger partial charge on any atom is 0.0196 e. The van der Waals surface area contributed by atoms with E-state index in [-0.39, 0.29) is 5.41 Å². The Hall–Kier alpha value is -6.24. The maximum absolute atomic E-state index is 2.67. The first-order valence-corrected chi connectivity index (χ1v) is 23.3. The van der Waals surface area contributed by atoms with Crippen molar-refractivity contribution in [3.63, 3.8) is 0 Å². The van der Waals surface area contributed by atoms with Gasteiger partial charge in [-0.1, -0.05) is 184 Å². The van der Waals surface area contributed by atoms with Crippen LogP contribution in [-0.4, -0.2) is 0 Å². The van der Waals surface area contributed by atoms with E-state index in [1.54, 1.807) is 22.3 Å². The molecule has 0 aliphatic heterocycles. The van der Waals surface area contributed by atoms with E-state index in [4.69, 9.17) is 0 Å². The Bertz CT molecular complexity index is 3180. The molecule has 0 spiro atoms. The highest BCUT2D eigenvalue weighted by Gasteiger charge is 2.46. The molecule has 0 saturated carbocycles. The monoisotopic (exact) mass is 796 g/mol. The van der Waals surface area contributed by atoms with Gasteiger partial charge in [0.25, 0.3) is 0 Å². The van der Waals surface area contributed by atoms with Gasteiger partial charge in [-0.2, -0.15) is 0 Å². The Balaban J connectivity index is 1.12. The van der Waals surface area contributed by atoms with Crippen LogP contribution in [0.4, 0.5) is 0 Å². The number of hydrogen-bond donors (Lipinski definition) is 0. The summed E-state index contributed by atoms with van der Waals surface area (Å²) in [7, 11) is 0. The number of rotatable bonds is 3. The van der Waals surface area contributed by atoms with E-state index in [9.17, 15) is 0 Å². The molecule has 4 aromatic carbocycles. The fourth-order valence-corrected chi connectivity index (χ4v) is 13.1. The van der Waals surface area contributed by atoms with Gasteiger partial charge in [-0.25, -0.2) is 0 Å². The van der Waals surface area contributed by atoms with Gasteiger partial charge in [-0.05, 0) is 167 Å². The van der Waals surface area contributed by atoms with E-state index >= 15 is 0 Å². The second-order valence-electron chi connectivity index (χ2n) is 20.0. The van der Waals surface area contributed by atoms with Gasteiger partial charge in [0.1, 0.15) is 0 Å². The number of hydrogen-bond acceptors (Lipinski definition) is 0. The minimum atomic E-state index is 0.107. The summed E-state index contributed by atoms with van der Waals surface area (Å²) in [6.07, 6.45) is 41.6. The van der Waals surface area contributed by atoms with Gasteiger partial charge in [0.05, 0.1) is 0 Å². The number of fused-ring (bicyclic) bond motifs is 5. The molecule has 0 nitrogen and oxygen atoms in total. The molecule has 0 amide bonds. The third-order valence-corrected chi connectivity index (χ3v) is 15.6. The molecule has 9 aliphatic carbocycles. The quantitative estimate of drug-likeness (QED) is 0.194. The first-order valence-electron chi connectivity index (χ1n) is 23.3. The van der Waals surface area contributed by atoms with Crippen LogP contribution in [0.3, 0.4) is 0 Å². The minimum absolute atomic E-state index is 0.107. The van der Waals surface area contributed by atoms with Crippen LogP contribution in [0.5, 0.6) is 0 Å². The molecule has 9 aliphatic rings. The van der Waals surface area contributed by atoms with Gasteiger partial charge in [0.2, 0.25) is 0 Å². The Labute approximate surface area is 366 Å². The third-order valence-electron chi connectivity index (χ3n) is 15.6. The fraction of sp³-hybridized carbons (Fsp3) is 0.226. The van der Waals surface area contributed by atoms with Crippen molar-refractivity contribution in [1.29, 1.82) is 0 Å². The topological polar surface area (TPSA) is 0 Å². The van der Waals surface area contributed by atoms with E-state index in [0.717, 1.165) is 32.1 Å². The summed E-state index contributed by atoms with van der Waals surface area (Å²) in [6, 6.07) is 29.8. The predicted octanol–water partition coefficient (Wildman–Crippen LogP) is 14.4. The highest BCUT2D eigenvalue weighted by Crippen LogP contribution is 2.64. The van der Waals surface area contributed by atoms with Crippen molar-refractivity contribution in [3.05, 3.63) is 217 Å². The summed E-state index contributed by atoms with van der Waals surface area (Å²) in [5, 5.41) is 2.84. The predicted molar refractivity (Wildman–Crippen MR) is 262 cm³/mol. The fourth-order valence-electron chi connectivity index (χ4n) is 13.1. The molecule has 0 heterocycles. The zero-order valence-electron chi connectivity index (χ0n) is 36.1. The van der Waals surface area contributed by atoms with Crippen LogP contribution in [0.25, 0.3) is 62.8 Å². The molecular formula is C62H52. The molecule has 0 aromatic heterocycles. The van der Waals surface area contributed by atoms with Crippen molar-refractivity contribution in [1.82, 2.24) is 0 Å². The highest BCUT2D eigenvalue weighted by molar-refractivity contribution is 6.16. The molecule has 4 aromatic rings. The van der Waals surface area contributed by atoms with Crippen LogP contribution >= 0.6 is 0 Å².